The Balaban J connectivity index is 1.55. The maximum Gasteiger partial charge on any atom is 0.269 e. The summed E-state index contributed by atoms with van der Waals surface area (Å²) in [6, 6.07) is 16.6. The molecule has 160 valence electrons. The van der Waals surface area contributed by atoms with Crippen molar-refractivity contribution in [1.29, 1.82) is 0 Å². The van der Waals surface area contributed by atoms with Gasteiger partial charge in [-0.3, -0.25) is 10.1 Å². The second kappa shape index (κ2) is 9.53. The number of hydrogen-bond acceptors (Lipinski definition) is 7. The highest BCUT2D eigenvalue weighted by molar-refractivity contribution is 5.60. The molecule has 2 heterocycles. The van der Waals surface area contributed by atoms with Gasteiger partial charge < -0.3 is 15.0 Å². The van der Waals surface area contributed by atoms with E-state index in [1.807, 2.05) is 19.1 Å². The molecule has 1 N–H and O–H groups in total. The summed E-state index contributed by atoms with van der Waals surface area (Å²) in [5.41, 5.74) is 4.11. The topological polar surface area (TPSA) is 93.4 Å². The normalized spacial score (nSPS) is 13.8. The van der Waals surface area contributed by atoms with Crippen molar-refractivity contribution < 1.29 is 9.66 Å². The quantitative estimate of drug-likeness (QED) is 0.456. The first-order chi connectivity index (χ1) is 15.1. The summed E-state index contributed by atoms with van der Waals surface area (Å²) < 4.78 is 5.48. The van der Waals surface area contributed by atoms with Crippen LogP contribution in [-0.2, 0) is 17.7 Å². The number of nitro benzene ring substituents is 1. The molecule has 8 heteroatoms. The summed E-state index contributed by atoms with van der Waals surface area (Å²) >= 11 is 0. The molecule has 3 aromatic rings. The van der Waals surface area contributed by atoms with Gasteiger partial charge >= 0.3 is 0 Å². The van der Waals surface area contributed by atoms with Crippen molar-refractivity contribution in [2.45, 2.75) is 19.9 Å². The molecule has 2 aromatic carbocycles. The van der Waals surface area contributed by atoms with Gasteiger partial charge in [-0.25, -0.2) is 9.97 Å². The molecule has 31 heavy (non-hydrogen) atoms. The van der Waals surface area contributed by atoms with Gasteiger partial charge in [-0.15, -0.1) is 0 Å². The minimum Gasteiger partial charge on any atom is -0.378 e. The van der Waals surface area contributed by atoms with Crippen LogP contribution in [-0.4, -0.2) is 41.2 Å². The van der Waals surface area contributed by atoms with E-state index in [2.05, 4.69) is 38.4 Å². The molecule has 0 aliphatic carbocycles. The van der Waals surface area contributed by atoms with Gasteiger partial charge in [0.1, 0.15) is 5.82 Å². The molecule has 1 aliphatic rings. The van der Waals surface area contributed by atoms with Crippen LogP contribution in [0.1, 0.15) is 18.2 Å². The van der Waals surface area contributed by atoms with E-state index >= 15 is 0 Å². The van der Waals surface area contributed by atoms with E-state index in [4.69, 9.17) is 4.74 Å². The zero-order valence-electron chi connectivity index (χ0n) is 17.5. The van der Waals surface area contributed by atoms with Crippen molar-refractivity contribution in [2.24, 2.45) is 0 Å². The van der Waals surface area contributed by atoms with Crippen LogP contribution in [0.15, 0.2) is 54.6 Å². The van der Waals surface area contributed by atoms with Crippen LogP contribution in [0.4, 0.5) is 17.2 Å². The number of nitrogens with zero attached hydrogens (tertiary/aromatic N) is 4. The lowest BCUT2D eigenvalue weighted by Crippen LogP contribution is -2.36. The lowest BCUT2D eigenvalue weighted by molar-refractivity contribution is -0.384. The molecule has 0 atom stereocenters. The van der Waals surface area contributed by atoms with Crippen molar-refractivity contribution in [3.05, 3.63) is 76.0 Å². The van der Waals surface area contributed by atoms with E-state index in [1.165, 1.54) is 23.4 Å². The molecule has 1 aromatic heterocycles. The minimum atomic E-state index is -0.411. The van der Waals surface area contributed by atoms with Gasteiger partial charge in [0.05, 0.1) is 18.1 Å². The smallest absolute Gasteiger partial charge is 0.269 e. The summed E-state index contributed by atoms with van der Waals surface area (Å²) in [5, 5.41) is 14.4. The number of benzene rings is 2. The highest BCUT2D eigenvalue weighted by atomic mass is 16.6. The fourth-order valence-electron chi connectivity index (χ4n) is 3.59. The molecule has 0 saturated carbocycles. The molecular formula is C23H25N5O3. The maximum atomic E-state index is 10.9. The monoisotopic (exact) mass is 419 g/mol. The fraction of sp³-hybridized carbons (Fsp3) is 0.304. The van der Waals surface area contributed by atoms with E-state index in [-0.39, 0.29) is 5.69 Å². The standard InChI is InChI=1S/C23H25N5O3/c1-2-19-15-22(26-23(25-19)17-7-9-20(10-8-17)28(29)30)24-16-18-5-3-4-6-21(18)27-11-13-31-14-12-27/h3-10,15H,2,11-14,16H2,1H3,(H,24,25,26). The molecular weight excluding hydrogens is 394 g/mol. The Labute approximate surface area is 181 Å². The van der Waals surface area contributed by atoms with Gasteiger partial charge in [0.25, 0.3) is 5.69 Å². The lowest BCUT2D eigenvalue weighted by atomic mass is 10.1. The Morgan fingerprint density at radius 2 is 1.84 bits per heavy atom. The van der Waals surface area contributed by atoms with Gasteiger partial charge in [0.2, 0.25) is 0 Å². The Hall–Kier alpha value is -3.52. The van der Waals surface area contributed by atoms with E-state index < -0.39 is 4.92 Å². The third-order valence-corrected chi connectivity index (χ3v) is 5.28. The number of nitrogens with one attached hydrogen (secondary N) is 1. The molecule has 4 rings (SSSR count). The van der Waals surface area contributed by atoms with Crippen molar-refractivity contribution in [2.75, 3.05) is 36.5 Å². The number of aryl methyl sites for hydroxylation is 1. The largest absolute Gasteiger partial charge is 0.378 e. The number of para-hydroxylation sites is 1. The molecule has 1 fully saturated rings. The number of ether oxygens (including phenoxy) is 1. The Kier molecular flexibility index (Phi) is 6.37. The lowest BCUT2D eigenvalue weighted by Gasteiger charge is -2.30. The Bertz CT molecular complexity index is 1050. The first kappa shape index (κ1) is 20.7. The second-order valence-electron chi connectivity index (χ2n) is 7.31. The maximum absolute atomic E-state index is 10.9. The van der Waals surface area contributed by atoms with Gasteiger partial charge in [0, 0.05) is 54.8 Å². The molecule has 0 bridgehead atoms. The van der Waals surface area contributed by atoms with Crippen LogP contribution < -0.4 is 10.2 Å². The number of hydrogen-bond donors (Lipinski definition) is 1. The highest BCUT2D eigenvalue weighted by Gasteiger charge is 2.15. The summed E-state index contributed by atoms with van der Waals surface area (Å²) in [6.07, 6.45) is 0.765. The van der Waals surface area contributed by atoms with Crippen molar-refractivity contribution in [3.8, 4) is 11.4 Å². The summed E-state index contributed by atoms with van der Waals surface area (Å²) in [4.78, 5) is 22.1. The van der Waals surface area contributed by atoms with Gasteiger partial charge in [-0.2, -0.15) is 0 Å². The molecule has 8 nitrogen and oxygen atoms in total. The van der Waals surface area contributed by atoms with Gasteiger partial charge in [-0.1, -0.05) is 25.1 Å². The van der Waals surface area contributed by atoms with Crippen molar-refractivity contribution in [1.82, 2.24) is 9.97 Å². The molecule has 1 saturated heterocycles. The Morgan fingerprint density at radius 3 is 2.55 bits per heavy atom. The third kappa shape index (κ3) is 4.97. The van der Waals surface area contributed by atoms with Crippen LogP contribution in [0, 0.1) is 10.1 Å². The fourth-order valence-corrected chi connectivity index (χ4v) is 3.59. The van der Waals surface area contributed by atoms with Crippen molar-refractivity contribution in [3.63, 3.8) is 0 Å². The van der Waals surface area contributed by atoms with E-state index in [0.717, 1.165) is 49.8 Å². The first-order valence-electron chi connectivity index (χ1n) is 10.4. The number of aromatic nitrogens is 2. The van der Waals surface area contributed by atoms with Crippen LogP contribution in [0.25, 0.3) is 11.4 Å². The van der Waals surface area contributed by atoms with Crippen LogP contribution in [0.5, 0.6) is 0 Å². The molecule has 0 unspecified atom stereocenters. The molecule has 0 spiro atoms. The number of rotatable bonds is 7. The average molecular weight is 419 g/mol. The third-order valence-electron chi connectivity index (χ3n) is 5.28. The van der Waals surface area contributed by atoms with Gasteiger partial charge in [0.15, 0.2) is 5.82 Å². The van der Waals surface area contributed by atoms with E-state index in [1.54, 1.807) is 12.1 Å². The summed E-state index contributed by atoms with van der Waals surface area (Å²) in [5.74, 6) is 1.29. The number of morpholine rings is 1. The zero-order chi connectivity index (χ0) is 21.6. The zero-order valence-corrected chi connectivity index (χ0v) is 17.5. The minimum absolute atomic E-state index is 0.0495. The predicted molar refractivity (Wildman–Crippen MR) is 120 cm³/mol. The molecule has 1 aliphatic heterocycles. The molecule has 0 radical (unpaired) electrons. The van der Waals surface area contributed by atoms with Crippen LogP contribution in [0.3, 0.4) is 0 Å². The Morgan fingerprint density at radius 1 is 1.10 bits per heavy atom. The number of non-ortho nitro benzene ring substituents is 1. The second-order valence-corrected chi connectivity index (χ2v) is 7.31. The first-order valence-corrected chi connectivity index (χ1v) is 10.4. The average Bonchev–Trinajstić information content (AvgIpc) is 2.83. The molecule has 0 amide bonds. The summed E-state index contributed by atoms with van der Waals surface area (Å²) in [7, 11) is 0. The van der Waals surface area contributed by atoms with E-state index in [9.17, 15) is 10.1 Å². The highest BCUT2D eigenvalue weighted by Crippen LogP contribution is 2.24. The van der Waals surface area contributed by atoms with Gasteiger partial charge in [-0.05, 0) is 30.2 Å². The van der Waals surface area contributed by atoms with Crippen LogP contribution in [0.2, 0.25) is 0 Å². The predicted octanol–water partition coefficient (Wildman–Crippen LogP) is 4.06. The number of anilines is 2. The SMILES string of the molecule is CCc1cc(NCc2ccccc2N2CCOCC2)nc(-c2ccc([N+](=O)[O-])cc2)n1. The van der Waals surface area contributed by atoms with E-state index in [0.29, 0.717) is 12.4 Å². The summed E-state index contributed by atoms with van der Waals surface area (Å²) in [6.45, 7) is 5.93. The van der Waals surface area contributed by atoms with Crippen molar-refractivity contribution >= 4 is 17.2 Å². The number of nitro groups is 1. The van der Waals surface area contributed by atoms with Crippen LogP contribution >= 0.6 is 0 Å².